The van der Waals surface area contributed by atoms with E-state index in [0.717, 1.165) is 30.8 Å². The molecule has 24 heavy (non-hydrogen) atoms. The fourth-order valence-electron chi connectivity index (χ4n) is 2.84. The van der Waals surface area contributed by atoms with Gasteiger partial charge in [0.25, 0.3) is 0 Å². The lowest BCUT2D eigenvalue weighted by Gasteiger charge is -2.16. The Hall–Kier alpha value is -2.39. The third kappa shape index (κ3) is 4.33. The molecule has 3 rings (SSSR count). The molecule has 2 aromatic carbocycles. The summed E-state index contributed by atoms with van der Waals surface area (Å²) in [5.74, 6) is 1.03. The van der Waals surface area contributed by atoms with Crippen LogP contribution in [0.25, 0.3) is 0 Å². The second-order valence-electron chi connectivity index (χ2n) is 6.07. The van der Waals surface area contributed by atoms with Crippen molar-refractivity contribution in [2.45, 2.75) is 25.8 Å². The summed E-state index contributed by atoms with van der Waals surface area (Å²) in [5.41, 5.74) is 3.60. The molecule has 0 fully saturated rings. The van der Waals surface area contributed by atoms with Crippen LogP contribution >= 0.6 is 0 Å². The van der Waals surface area contributed by atoms with Gasteiger partial charge in [0.2, 0.25) is 0 Å². The van der Waals surface area contributed by atoms with E-state index in [-0.39, 0.29) is 11.7 Å². The smallest absolute Gasteiger partial charge is 0.123 e. The Morgan fingerprint density at radius 2 is 1.75 bits per heavy atom. The number of nitrogens with one attached hydrogen (secondary N) is 1. The molecule has 0 aliphatic rings. The second kappa shape index (κ2) is 7.93. The van der Waals surface area contributed by atoms with Crippen molar-refractivity contribution in [3.8, 4) is 0 Å². The summed E-state index contributed by atoms with van der Waals surface area (Å²) in [4.78, 5) is 0. The van der Waals surface area contributed by atoms with Gasteiger partial charge in [0.05, 0.1) is 6.26 Å². The number of aryl methyl sites for hydroxylation is 1. The van der Waals surface area contributed by atoms with E-state index in [9.17, 15) is 4.39 Å². The lowest BCUT2D eigenvalue weighted by atomic mass is 9.92. The quantitative estimate of drug-likeness (QED) is 0.616. The molecule has 124 valence electrons. The molecule has 0 aliphatic carbocycles. The third-order valence-corrected chi connectivity index (χ3v) is 4.22. The van der Waals surface area contributed by atoms with Crippen molar-refractivity contribution < 1.29 is 8.81 Å². The molecule has 0 amide bonds. The van der Waals surface area contributed by atoms with E-state index in [1.807, 2.05) is 24.3 Å². The molecule has 1 atom stereocenters. The standard InChI is InChI=1S/C21H22FNO/c1-16-4-8-18(9-5-16)20(21-3-2-14-24-21)12-13-23-15-17-6-10-19(22)11-7-17/h2-11,14,20,23H,12-13,15H2,1H3. The number of benzene rings is 2. The van der Waals surface area contributed by atoms with Gasteiger partial charge >= 0.3 is 0 Å². The minimum absolute atomic E-state index is 0.198. The van der Waals surface area contributed by atoms with Gasteiger partial charge in [0.15, 0.2) is 0 Å². The molecular weight excluding hydrogens is 301 g/mol. The summed E-state index contributed by atoms with van der Waals surface area (Å²) in [7, 11) is 0. The highest BCUT2D eigenvalue weighted by atomic mass is 19.1. The molecular formula is C21H22FNO. The molecule has 3 aromatic rings. The van der Waals surface area contributed by atoms with Gasteiger partial charge in [0.1, 0.15) is 11.6 Å². The molecule has 1 aromatic heterocycles. The van der Waals surface area contributed by atoms with Crippen molar-refractivity contribution >= 4 is 0 Å². The highest BCUT2D eigenvalue weighted by Gasteiger charge is 2.16. The topological polar surface area (TPSA) is 25.2 Å². The summed E-state index contributed by atoms with van der Waals surface area (Å²) in [5, 5.41) is 3.43. The monoisotopic (exact) mass is 323 g/mol. The van der Waals surface area contributed by atoms with Gasteiger partial charge in [-0.15, -0.1) is 0 Å². The largest absolute Gasteiger partial charge is 0.469 e. The fraction of sp³-hybridized carbons (Fsp3) is 0.238. The minimum atomic E-state index is -0.198. The van der Waals surface area contributed by atoms with Crippen molar-refractivity contribution in [3.05, 3.63) is 95.2 Å². The number of hydrogen-bond acceptors (Lipinski definition) is 2. The van der Waals surface area contributed by atoms with Crippen LogP contribution in [-0.2, 0) is 6.54 Å². The van der Waals surface area contributed by atoms with E-state index in [2.05, 4.69) is 36.5 Å². The zero-order valence-electron chi connectivity index (χ0n) is 13.8. The summed E-state index contributed by atoms with van der Waals surface area (Å²) in [6.07, 6.45) is 2.67. The lowest BCUT2D eigenvalue weighted by Crippen LogP contribution is -2.17. The molecule has 1 unspecified atom stereocenters. The van der Waals surface area contributed by atoms with E-state index in [1.54, 1.807) is 6.26 Å². The Morgan fingerprint density at radius 1 is 1.00 bits per heavy atom. The van der Waals surface area contributed by atoms with Crippen LogP contribution in [0.4, 0.5) is 4.39 Å². The number of furan rings is 1. The van der Waals surface area contributed by atoms with Gasteiger partial charge in [-0.25, -0.2) is 4.39 Å². The fourth-order valence-corrected chi connectivity index (χ4v) is 2.84. The lowest BCUT2D eigenvalue weighted by molar-refractivity contribution is 0.466. The summed E-state index contributed by atoms with van der Waals surface area (Å²) < 4.78 is 18.6. The molecule has 0 spiro atoms. The van der Waals surface area contributed by atoms with Crippen molar-refractivity contribution in [1.29, 1.82) is 0 Å². The second-order valence-corrected chi connectivity index (χ2v) is 6.07. The maximum absolute atomic E-state index is 12.9. The van der Waals surface area contributed by atoms with Gasteiger partial charge in [-0.05, 0) is 55.3 Å². The van der Waals surface area contributed by atoms with Gasteiger partial charge < -0.3 is 9.73 Å². The molecule has 0 saturated heterocycles. The molecule has 0 radical (unpaired) electrons. The number of halogens is 1. The van der Waals surface area contributed by atoms with Crippen LogP contribution in [0, 0.1) is 12.7 Å². The summed E-state index contributed by atoms with van der Waals surface area (Å²) >= 11 is 0. The van der Waals surface area contributed by atoms with Crippen LogP contribution in [-0.4, -0.2) is 6.54 Å². The first-order valence-corrected chi connectivity index (χ1v) is 8.27. The first kappa shape index (κ1) is 16.5. The highest BCUT2D eigenvalue weighted by molar-refractivity contribution is 5.30. The summed E-state index contributed by atoms with van der Waals surface area (Å²) in [6, 6.07) is 19.2. The maximum Gasteiger partial charge on any atom is 0.123 e. The van der Waals surface area contributed by atoms with Crippen LogP contribution in [0.2, 0.25) is 0 Å². The molecule has 0 saturated carbocycles. The molecule has 0 bridgehead atoms. The van der Waals surface area contributed by atoms with Crippen LogP contribution in [0.3, 0.4) is 0 Å². The van der Waals surface area contributed by atoms with E-state index in [4.69, 9.17) is 4.42 Å². The van der Waals surface area contributed by atoms with Crippen LogP contribution in [0.5, 0.6) is 0 Å². The SMILES string of the molecule is Cc1ccc(C(CCNCc2ccc(F)cc2)c2ccco2)cc1. The highest BCUT2D eigenvalue weighted by Crippen LogP contribution is 2.28. The first-order chi connectivity index (χ1) is 11.7. The normalized spacial score (nSPS) is 12.2. The average molecular weight is 323 g/mol. The zero-order chi connectivity index (χ0) is 16.8. The van der Waals surface area contributed by atoms with E-state index < -0.39 is 0 Å². The molecule has 0 aliphatic heterocycles. The van der Waals surface area contributed by atoms with Gasteiger partial charge in [-0.1, -0.05) is 42.0 Å². The van der Waals surface area contributed by atoms with Crippen LogP contribution in [0.1, 0.15) is 34.8 Å². The maximum atomic E-state index is 12.9. The minimum Gasteiger partial charge on any atom is -0.469 e. The molecule has 1 N–H and O–H groups in total. The van der Waals surface area contributed by atoms with E-state index in [0.29, 0.717) is 0 Å². The molecule has 2 nitrogen and oxygen atoms in total. The average Bonchev–Trinajstić information content (AvgIpc) is 3.12. The Kier molecular flexibility index (Phi) is 5.44. The van der Waals surface area contributed by atoms with Gasteiger partial charge in [-0.3, -0.25) is 0 Å². The van der Waals surface area contributed by atoms with Gasteiger partial charge in [0, 0.05) is 12.5 Å². The Morgan fingerprint density at radius 3 is 2.42 bits per heavy atom. The zero-order valence-corrected chi connectivity index (χ0v) is 13.8. The van der Waals surface area contributed by atoms with Crippen molar-refractivity contribution in [3.63, 3.8) is 0 Å². The molecule has 3 heteroatoms. The Bertz CT molecular complexity index is 733. The molecule has 1 heterocycles. The van der Waals surface area contributed by atoms with Crippen LogP contribution < -0.4 is 5.32 Å². The van der Waals surface area contributed by atoms with Crippen molar-refractivity contribution in [2.24, 2.45) is 0 Å². The summed E-state index contributed by atoms with van der Waals surface area (Å²) in [6.45, 7) is 3.69. The van der Waals surface area contributed by atoms with Crippen molar-refractivity contribution in [1.82, 2.24) is 5.32 Å². The van der Waals surface area contributed by atoms with Crippen molar-refractivity contribution in [2.75, 3.05) is 6.54 Å². The van der Waals surface area contributed by atoms with Gasteiger partial charge in [-0.2, -0.15) is 0 Å². The first-order valence-electron chi connectivity index (χ1n) is 8.27. The number of rotatable bonds is 7. The van der Waals surface area contributed by atoms with E-state index in [1.165, 1.54) is 23.3 Å². The predicted molar refractivity (Wildman–Crippen MR) is 94.5 cm³/mol. The third-order valence-electron chi connectivity index (χ3n) is 4.22. The van der Waals surface area contributed by atoms with E-state index >= 15 is 0 Å². The Labute approximate surface area is 142 Å². The predicted octanol–water partition coefficient (Wildman–Crippen LogP) is 5.04. The van der Waals surface area contributed by atoms with Crippen LogP contribution in [0.15, 0.2) is 71.3 Å². The Balaban J connectivity index is 1.60. The number of hydrogen-bond donors (Lipinski definition) is 1.